The highest BCUT2D eigenvalue weighted by Crippen LogP contribution is 2.37. The molecular weight excluding hydrogens is 312 g/mol. The number of carbonyl (C=O) groups excluding carboxylic acids is 1. The largest absolute Gasteiger partial charge is 0.502 e. The van der Waals surface area contributed by atoms with Crippen LogP contribution in [-0.2, 0) is 9.47 Å². The van der Waals surface area contributed by atoms with Gasteiger partial charge in [-0.2, -0.15) is 0 Å². The number of phenolic OH excluding ortho intramolecular Hbond substituents is 1. The molecule has 2 rings (SSSR count). The molecule has 134 valence electrons. The third-order valence-corrected chi connectivity index (χ3v) is 3.88. The molecule has 1 aromatic rings. The summed E-state index contributed by atoms with van der Waals surface area (Å²) in [5.74, 6) is 0.0545. The van der Waals surface area contributed by atoms with E-state index in [1.165, 1.54) is 26.4 Å². The van der Waals surface area contributed by atoms with Gasteiger partial charge in [0.25, 0.3) is 0 Å². The number of hydrogen-bond acceptors (Lipinski definition) is 6. The van der Waals surface area contributed by atoms with Gasteiger partial charge in [-0.05, 0) is 51.7 Å². The minimum absolute atomic E-state index is 0.141. The lowest BCUT2D eigenvalue weighted by molar-refractivity contribution is -0.119. The maximum absolute atomic E-state index is 12.2. The number of methoxy groups -OCH3 is 2. The quantitative estimate of drug-likeness (QED) is 0.803. The first-order valence-corrected chi connectivity index (χ1v) is 8.03. The molecule has 1 saturated carbocycles. The van der Waals surface area contributed by atoms with E-state index in [1.54, 1.807) is 0 Å². The van der Waals surface area contributed by atoms with Gasteiger partial charge in [0, 0.05) is 0 Å². The van der Waals surface area contributed by atoms with Crippen LogP contribution in [0.2, 0.25) is 0 Å². The van der Waals surface area contributed by atoms with Crippen LogP contribution >= 0.6 is 0 Å². The number of benzene rings is 1. The first-order chi connectivity index (χ1) is 11.2. The monoisotopic (exact) mass is 338 g/mol. The van der Waals surface area contributed by atoms with Gasteiger partial charge in [-0.3, -0.25) is 0 Å². The Morgan fingerprint density at radius 2 is 1.71 bits per heavy atom. The van der Waals surface area contributed by atoms with Crippen molar-refractivity contribution in [3.63, 3.8) is 0 Å². The summed E-state index contributed by atoms with van der Waals surface area (Å²) in [5, 5.41) is 9.87. The summed E-state index contributed by atoms with van der Waals surface area (Å²) in [6.07, 6.45) is 2.03. The molecule has 1 aliphatic rings. The van der Waals surface area contributed by atoms with Gasteiger partial charge in [0.2, 0.25) is 5.75 Å². The zero-order valence-electron chi connectivity index (χ0n) is 14.9. The minimum atomic E-state index is -0.466. The number of rotatable bonds is 6. The highest BCUT2D eigenvalue weighted by Gasteiger charge is 2.33. The molecular formula is C18H26O6. The fourth-order valence-electron chi connectivity index (χ4n) is 2.70. The van der Waals surface area contributed by atoms with Gasteiger partial charge >= 0.3 is 5.97 Å². The third-order valence-electron chi connectivity index (χ3n) is 3.88. The third kappa shape index (κ3) is 4.54. The zero-order chi connectivity index (χ0) is 17.9. The fraction of sp³-hybridized carbons (Fsp3) is 0.611. The molecule has 0 atom stereocenters. The average molecular weight is 338 g/mol. The van der Waals surface area contributed by atoms with E-state index in [0.717, 1.165) is 12.8 Å². The second-order valence-electron chi connectivity index (χ2n) is 7.02. The molecule has 6 nitrogen and oxygen atoms in total. The molecule has 0 bridgehead atoms. The fourth-order valence-corrected chi connectivity index (χ4v) is 2.70. The number of phenols is 1. The lowest BCUT2D eigenvalue weighted by atomic mass is 9.82. The van der Waals surface area contributed by atoms with Crippen LogP contribution in [0.15, 0.2) is 12.1 Å². The van der Waals surface area contributed by atoms with Gasteiger partial charge < -0.3 is 24.1 Å². The summed E-state index contributed by atoms with van der Waals surface area (Å²) in [5.41, 5.74) is 0.133. The highest BCUT2D eigenvalue weighted by molar-refractivity contribution is 5.91. The van der Waals surface area contributed by atoms with Gasteiger partial charge in [0.1, 0.15) is 0 Å². The van der Waals surface area contributed by atoms with Gasteiger partial charge in [-0.1, -0.05) is 0 Å². The van der Waals surface area contributed by atoms with Gasteiger partial charge in [-0.25, -0.2) is 4.79 Å². The Hall–Kier alpha value is -1.95. The van der Waals surface area contributed by atoms with Crippen LogP contribution in [0.4, 0.5) is 0 Å². The smallest absolute Gasteiger partial charge is 0.338 e. The van der Waals surface area contributed by atoms with Crippen molar-refractivity contribution in [2.45, 2.75) is 45.3 Å². The van der Waals surface area contributed by atoms with E-state index in [9.17, 15) is 9.90 Å². The first-order valence-electron chi connectivity index (χ1n) is 8.03. The lowest BCUT2D eigenvalue weighted by Crippen LogP contribution is -2.39. The molecule has 24 heavy (non-hydrogen) atoms. The minimum Gasteiger partial charge on any atom is -0.502 e. The van der Waals surface area contributed by atoms with E-state index in [2.05, 4.69) is 0 Å². The molecule has 1 N–H and O–H groups in total. The molecule has 0 saturated heterocycles. The van der Waals surface area contributed by atoms with Gasteiger partial charge in [0.15, 0.2) is 11.5 Å². The Bertz CT molecular complexity index is 559. The first kappa shape index (κ1) is 18.4. The normalized spacial score (nSPS) is 20.2. The summed E-state index contributed by atoms with van der Waals surface area (Å²) >= 11 is 0. The Morgan fingerprint density at radius 3 is 2.17 bits per heavy atom. The van der Waals surface area contributed by atoms with E-state index in [1.807, 2.05) is 20.8 Å². The van der Waals surface area contributed by atoms with Crippen molar-refractivity contribution in [1.82, 2.24) is 0 Å². The molecule has 0 unspecified atom stereocenters. The molecule has 0 spiro atoms. The van der Waals surface area contributed by atoms with Crippen LogP contribution in [0.1, 0.15) is 44.0 Å². The number of esters is 1. The molecule has 0 radical (unpaired) electrons. The summed E-state index contributed by atoms with van der Waals surface area (Å²) < 4.78 is 21.3. The van der Waals surface area contributed by atoms with E-state index in [0.29, 0.717) is 12.5 Å². The number of ether oxygens (including phenoxy) is 4. The summed E-state index contributed by atoms with van der Waals surface area (Å²) in [4.78, 5) is 12.2. The maximum Gasteiger partial charge on any atom is 0.338 e. The van der Waals surface area contributed by atoms with Crippen molar-refractivity contribution in [3.05, 3.63) is 17.7 Å². The summed E-state index contributed by atoms with van der Waals surface area (Å²) in [7, 11) is 2.82. The molecule has 0 aromatic heterocycles. The summed E-state index contributed by atoms with van der Waals surface area (Å²) in [6.45, 7) is 6.46. The molecule has 1 aromatic carbocycles. The number of aromatic hydroxyl groups is 1. The SMILES string of the molecule is COc1cc(C(=O)OCC2CC(OC(C)(C)C)C2)cc(OC)c1O. The van der Waals surface area contributed by atoms with Crippen LogP contribution in [-0.4, -0.2) is 43.6 Å². The molecule has 1 aliphatic carbocycles. The topological polar surface area (TPSA) is 74.2 Å². The van der Waals surface area contributed by atoms with Crippen LogP contribution in [0.25, 0.3) is 0 Å². The predicted molar refractivity (Wildman–Crippen MR) is 88.8 cm³/mol. The van der Waals surface area contributed by atoms with Crippen molar-refractivity contribution in [2.75, 3.05) is 20.8 Å². The van der Waals surface area contributed by atoms with E-state index in [-0.39, 0.29) is 34.5 Å². The molecule has 0 heterocycles. The van der Waals surface area contributed by atoms with E-state index < -0.39 is 5.97 Å². The number of hydrogen-bond donors (Lipinski definition) is 1. The second kappa shape index (κ2) is 7.30. The molecule has 6 heteroatoms. The standard InChI is InChI=1S/C18H26O6/c1-18(2,3)24-13-6-11(7-13)10-23-17(20)12-8-14(21-4)16(19)15(9-12)22-5/h8-9,11,13,19H,6-7,10H2,1-5H3. The van der Waals surface area contributed by atoms with Crippen molar-refractivity contribution in [2.24, 2.45) is 5.92 Å². The summed E-state index contributed by atoms with van der Waals surface area (Å²) in [6, 6.07) is 2.87. The molecule has 0 aliphatic heterocycles. The van der Waals surface area contributed by atoms with Crippen LogP contribution in [0.3, 0.4) is 0 Å². The second-order valence-corrected chi connectivity index (χ2v) is 7.02. The Morgan fingerprint density at radius 1 is 1.17 bits per heavy atom. The maximum atomic E-state index is 12.2. The van der Waals surface area contributed by atoms with Crippen LogP contribution in [0.5, 0.6) is 17.2 Å². The number of carbonyl (C=O) groups is 1. The van der Waals surface area contributed by atoms with Crippen LogP contribution < -0.4 is 9.47 Å². The van der Waals surface area contributed by atoms with E-state index >= 15 is 0 Å². The molecule has 0 amide bonds. The van der Waals surface area contributed by atoms with Crippen molar-refractivity contribution >= 4 is 5.97 Å². The zero-order valence-corrected chi connectivity index (χ0v) is 14.9. The van der Waals surface area contributed by atoms with Gasteiger partial charge in [-0.15, -0.1) is 0 Å². The molecule has 1 fully saturated rings. The lowest BCUT2D eigenvalue weighted by Gasteiger charge is -2.38. The van der Waals surface area contributed by atoms with Crippen molar-refractivity contribution in [1.29, 1.82) is 0 Å². The highest BCUT2D eigenvalue weighted by atomic mass is 16.5. The van der Waals surface area contributed by atoms with Crippen molar-refractivity contribution < 1.29 is 28.8 Å². The Labute approximate surface area is 142 Å². The van der Waals surface area contributed by atoms with Crippen LogP contribution in [0, 0.1) is 5.92 Å². The Balaban J connectivity index is 1.88. The van der Waals surface area contributed by atoms with E-state index in [4.69, 9.17) is 18.9 Å². The van der Waals surface area contributed by atoms with Gasteiger partial charge in [0.05, 0.1) is 38.1 Å². The average Bonchev–Trinajstić information content (AvgIpc) is 2.48. The Kier molecular flexibility index (Phi) is 5.59. The van der Waals surface area contributed by atoms with Crippen molar-refractivity contribution in [3.8, 4) is 17.2 Å². The predicted octanol–water partition coefficient (Wildman–Crippen LogP) is 3.16.